The number of nitrogens with one attached hydrogen (secondary N) is 1. The molecule has 1 aliphatic rings. The molecule has 1 fully saturated rings. The predicted molar refractivity (Wildman–Crippen MR) is 103 cm³/mol. The van der Waals surface area contributed by atoms with Crippen LogP contribution in [-0.2, 0) is 10.0 Å². The number of aryl methyl sites for hydroxylation is 1. The predicted octanol–water partition coefficient (Wildman–Crippen LogP) is 1.82. The first kappa shape index (κ1) is 19.4. The minimum atomic E-state index is -3.41. The first-order valence-corrected chi connectivity index (χ1v) is 11.2. The van der Waals surface area contributed by atoms with Crippen LogP contribution in [0.3, 0.4) is 0 Å². The lowest BCUT2D eigenvalue weighted by Crippen LogP contribution is -3.15. The molecule has 1 aliphatic heterocycles. The van der Waals surface area contributed by atoms with Crippen LogP contribution < -0.4 is 4.90 Å². The molecule has 0 bridgehead atoms. The van der Waals surface area contributed by atoms with Crippen molar-refractivity contribution in [1.82, 2.24) is 4.31 Å². The highest BCUT2D eigenvalue weighted by atomic mass is 32.2. The smallest absolute Gasteiger partial charge is 0.243 e. The summed E-state index contributed by atoms with van der Waals surface area (Å²) in [5.41, 5.74) is 1.05. The Balaban J connectivity index is 1.49. The molecule has 0 atom stereocenters. The molecule has 7 heteroatoms. The zero-order valence-corrected chi connectivity index (χ0v) is 16.5. The molecule has 0 spiro atoms. The molecule has 2 aromatic rings. The molecule has 3 rings (SSSR count). The van der Waals surface area contributed by atoms with E-state index in [-0.39, 0.29) is 5.82 Å². The van der Waals surface area contributed by atoms with Crippen LogP contribution in [0.1, 0.15) is 5.56 Å². The maximum Gasteiger partial charge on any atom is 0.243 e. The van der Waals surface area contributed by atoms with Crippen molar-refractivity contribution in [3.8, 4) is 0 Å². The van der Waals surface area contributed by atoms with Gasteiger partial charge >= 0.3 is 0 Å². The highest BCUT2D eigenvalue weighted by molar-refractivity contribution is 7.99. The Labute approximate surface area is 159 Å². The van der Waals surface area contributed by atoms with E-state index in [1.165, 1.54) is 22.7 Å². The molecule has 0 aromatic heterocycles. The van der Waals surface area contributed by atoms with Crippen molar-refractivity contribution in [2.24, 2.45) is 0 Å². The van der Waals surface area contributed by atoms with E-state index in [0.717, 1.165) is 31.0 Å². The van der Waals surface area contributed by atoms with Crippen LogP contribution >= 0.6 is 11.8 Å². The average Bonchev–Trinajstić information content (AvgIpc) is 2.64. The monoisotopic (exact) mass is 395 g/mol. The second-order valence-electron chi connectivity index (χ2n) is 6.50. The van der Waals surface area contributed by atoms with Crippen molar-refractivity contribution in [3.63, 3.8) is 0 Å². The summed E-state index contributed by atoms with van der Waals surface area (Å²) in [7, 11) is -3.41. The van der Waals surface area contributed by atoms with Gasteiger partial charge in [-0.2, -0.15) is 4.31 Å². The van der Waals surface area contributed by atoms with Crippen molar-refractivity contribution >= 4 is 21.8 Å². The fourth-order valence-electron chi connectivity index (χ4n) is 3.02. The second kappa shape index (κ2) is 8.52. The number of hydrogen-bond acceptors (Lipinski definition) is 3. The summed E-state index contributed by atoms with van der Waals surface area (Å²) in [6, 6.07) is 13.8. The molecule has 2 aromatic carbocycles. The number of hydrogen-bond donors (Lipinski definition) is 1. The molecule has 4 nitrogen and oxygen atoms in total. The molecule has 0 amide bonds. The van der Waals surface area contributed by atoms with Crippen LogP contribution in [0.15, 0.2) is 58.3 Å². The van der Waals surface area contributed by atoms with Gasteiger partial charge in [0.25, 0.3) is 0 Å². The van der Waals surface area contributed by atoms with Crippen molar-refractivity contribution in [1.29, 1.82) is 0 Å². The van der Waals surface area contributed by atoms with Crippen LogP contribution in [0.25, 0.3) is 0 Å². The van der Waals surface area contributed by atoms with Gasteiger partial charge in [0.15, 0.2) is 0 Å². The average molecular weight is 396 g/mol. The number of piperazine rings is 1. The number of quaternary nitrogens is 1. The van der Waals surface area contributed by atoms with Crippen LogP contribution in [0.2, 0.25) is 0 Å². The third-order valence-corrected chi connectivity index (χ3v) is 7.60. The summed E-state index contributed by atoms with van der Waals surface area (Å²) < 4.78 is 40.6. The molecule has 1 N–H and O–H groups in total. The topological polar surface area (TPSA) is 41.8 Å². The Morgan fingerprint density at radius 3 is 2.38 bits per heavy atom. The third-order valence-electron chi connectivity index (χ3n) is 4.64. The van der Waals surface area contributed by atoms with Crippen LogP contribution in [0, 0.1) is 12.7 Å². The number of sulfonamides is 1. The van der Waals surface area contributed by atoms with Crippen LogP contribution in [0.4, 0.5) is 4.39 Å². The van der Waals surface area contributed by atoms with Gasteiger partial charge < -0.3 is 4.90 Å². The molecule has 26 heavy (non-hydrogen) atoms. The molecular weight excluding hydrogens is 371 g/mol. The van der Waals surface area contributed by atoms with E-state index in [1.807, 2.05) is 25.1 Å². The van der Waals surface area contributed by atoms with E-state index in [4.69, 9.17) is 0 Å². The van der Waals surface area contributed by atoms with Gasteiger partial charge in [-0.3, -0.25) is 0 Å². The maximum absolute atomic E-state index is 13.6. The van der Waals surface area contributed by atoms with Gasteiger partial charge in [-0.1, -0.05) is 29.8 Å². The molecule has 1 saturated heterocycles. The van der Waals surface area contributed by atoms with E-state index >= 15 is 0 Å². The van der Waals surface area contributed by atoms with Crippen molar-refractivity contribution in [2.75, 3.05) is 38.5 Å². The lowest BCUT2D eigenvalue weighted by Gasteiger charge is -2.31. The van der Waals surface area contributed by atoms with Crippen LogP contribution in [0.5, 0.6) is 0 Å². The fourth-order valence-corrected chi connectivity index (χ4v) is 5.45. The van der Waals surface area contributed by atoms with Gasteiger partial charge in [-0.05, 0) is 31.2 Å². The molecule has 1 heterocycles. The molecule has 0 radical (unpaired) electrons. The van der Waals surface area contributed by atoms with E-state index in [0.29, 0.717) is 22.9 Å². The highest BCUT2D eigenvalue weighted by Crippen LogP contribution is 2.20. The molecule has 0 aliphatic carbocycles. The quantitative estimate of drug-likeness (QED) is 0.759. The summed E-state index contributed by atoms with van der Waals surface area (Å²) in [5.74, 6) is 0.641. The second-order valence-corrected chi connectivity index (χ2v) is 9.57. The Bertz CT molecular complexity index is 833. The lowest BCUT2D eigenvalue weighted by atomic mass is 10.2. The SMILES string of the molecule is Cc1ccc(S(=O)(=O)N2CC[NH+](CCSc3ccccc3F)CC2)cc1. The first-order valence-electron chi connectivity index (χ1n) is 8.74. The minimum Gasteiger partial charge on any atom is -0.332 e. The Kier molecular flexibility index (Phi) is 6.34. The van der Waals surface area contributed by atoms with Gasteiger partial charge in [-0.25, -0.2) is 12.8 Å². The van der Waals surface area contributed by atoms with Gasteiger partial charge in [0.05, 0.1) is 37.6 Å². The molecular formula is C19H24FN2O2S2+. The minimum absolute atomic E-state index is 0.179. The summed E-state index contributed by atoms with van der Waals surface area (Å²) in [4.78, 5) is 2.40. The summed E-state index contributed by atoms with van der Waals surface area (Å²) >= 11 is 1.52. The van der Waals surface area contributed by atoms with Gasteiger partial charge in [-0.15, -0.1) is 11.8 Å². The van der Waals surface area contributed by atoms with E-state index in [9.17, 15) is 12.8 Å². The summed E-state index contributed by atoms with van der Waals surface area (Å²) in [5, 5.41) is 0. The van der Waals surface area contributed by atoms with Crippen molar-refractivity contribution in [2.45, 2.75) is 16.7 Å². The Morgan fingerprint density at radius 2 is 1.73 bits per heavy atom. The van der Waals surface area contributed by atoms with E-state index in [2.05, 4.69) is 0 Å². The summed E-state index contributed by atoms with van der Waals surface area (Å²) in [6.45, 7) is 5.45. The van der Waals surface area contributed by atoms with Crippen molar-refractivity contribution in [3.05, 3.63) is 59.9 Å². The van der Waals surface area contributed by atoms with Crippen LogP contribution in [-0.4, -0.2) is 51.2 Å². The number of halogens is 1. The normalized spacial score (nSPS) is 16.7. The molecule has 0 saturated carbocycles. The number of benzene rings is 2. The number of thioether (sulfide) groups is 1. The zero-order valence-electron chi connectivity index (χ0n) is 14.8. The van der Waals surface area contributed by atoms with Crippen molar-refractivity contribution < 1.29 is 17.7 Å². The zero-order chi connectivity index (χ0) is 18.6. The fraction of sp³-hybridized carbons (Fsp3) is 0.368. The van der Waals surface area contributed by atoms with Gasteiger partial charge in [0, 0.05) is 10.6 Å². The lowest BCUT2D eigenvalue weighted by molar-refractivity contribution is -0.901. The maximum atomic E-state index is 13.6. The molecule has 140 valence electrons. The highest BCUT2D eigenvalue weighted by Gasteiger charge is 2.30. The third kappa shape index (κ3) is 4.65. The van der Waals surface area contributed by atoms with E-state index in [1.54, 1.807) is 28.6 Å². The standard InChI is InChI=1S/C19H23FN2O2S2/c1-16-6-8-17(9-7-16)26(23,24)22-12-10-21(11-13-22)14-15-25-19-5-3-2-4-18(19)20/h2-9H,10-15H2,1H3/p+1. The summed E-state index contributed by atoms with van der Waals surface area (Å²) in [6.07, 6.45) is 0. The van der Waals surface area contributed by atoms with Gasteiger partial charge in [0.1, 0.15) is 5.82 Å². The largest absolute Gasteiger partial charge is 0.332 e. The first-order chi connectivity index (χ1) is 12.5. The Morgan fingerprint density at radius 1 is 1.08 bits per heavy atom. The Hall–Kier alpha value is -1.41. The number of rotatable bonds is 6. The molecule has 0 unspecified atom stereocenters. The van der Waals surface area contributed by atoms with Gasteiger partial charge in [0.2, 0.25) is 10.0 Å². The number of nitrogens with zero attached hydrogens (tertiary/aromatic N) is 1. The van der Waals surface area contributed by atoms with E-state index < -0.39 is 10.0 Å².